The predicted molar refractivity (Wildman–Crippen MR) is 122 cm³/mol. The number of nitrogens with two attached hydrogens (primary N) is 1. The van der Waals surface area contributed by atoms with Gasteiger partial charge in [-0.25, -0.2) is 9.97 Å². The average Bonchev–Trinajstić information content (AvgIpc) is 3.30. The van der Waals surface area contributed by atoms with Gasteiger partial charge in [0.25, 0.3) is 0 Å². The fraction of sp³-hybridized carbons (Fsp3) is 0.364. The van der Waals surface area contributed by atoms with Crippen molar-refractivity contribution in [2.24, 2.45) is 5.73 Å². The number of nitriles is 1. The largest absolute Gasteiger partial charge is 0.496 e. The van der Waals surface area contributed by atoms with Crippen LogP contribution in [0, 0.1) is 11.3 Å². The van der Waals surface area contributed by atoms with Crippen LogP contribution in [0.25, 0.3) is 11.3 Å². The van der Waals surface area contributed by atoms with Crippen molar-refractivity contribution in [3.63, 3.8) is 0 Å². The highest BCUT2D eigenvalue weighted by Crippen LogP contribution is 2.38. The number of H-pyrrole nitrogens is 1. The zero-order chi connectivity index (χ0) is 23.1. The first-order valence-corrected chi connectivity index (χ1v) is 10.3. The number of benzene rings is 1. The van der Waals surface area contributed by atoms with Crippen LogP contribution in [0.4, 0.5) is 11.6 Å². The van der Waals surface area contributed by atoms with E-state index in [1.807, 2.05) is 58.0 Å². The van der Waals surface area contributed by atoms with Gasteiger partial charge >= 0.3 is 0 Å². The van der Waals surface area contributed by atoms with Crippen LogP contribution in [0.2, 0.25) is 0 Å². The molecule has 3 rings (SSSR count). The number of methoxy groups -OCH3 is 1. The van der Waals surface area contributed by atoms with E-state index in [4.69, 9.17) is 20.5 Å². The third kappa shape index (κ3) is 7.28. The van der Waals surface area contributed by atoms with E-state index in [1.54, 1.807) is 7.11 Å². The van der Waals surface area contributed by atoms with E-state index < -0.39 is 0 Å². The van der Waals surface area contributed by atoms with E-state index >= 15 is 0 Å². The molecule has 0 fully saturated rings. The first-order valence-electron chi connectivity index (χ1n) is 10.3. The van der Waals surface area contributed by atoms with Crippen molar-refractivity contribution in [3.8, 4) is 28.8 Å². The first kappa shape index (κ1) is 25.4. The Morgan fingerprint density at radius 2 is 1.84 bits per heavy atom. The number of hydrogen-bond acceptors (Lipinski definition) is 8. The quantitative estimate of drug-likeness (QED) is 0.455. The maximum atomic E-state index is 8.78. The minimum absolute atomic E-state index is 0.247. The average molecular weight is 426 g/mol. The molecule has 31 heavy (non-hydrogen) atoms. The molecule has 0 aliphatic carbocycles. The molecule has 0 aliphatic rings. The summed E-state index contributed by atoms with van der Waals surface area (Å²) in [6.07, 6.45) is 3.61. The number of ether oxygens (including phenoxy) is 2. The minimum atomic E-state index is 0.247. The summed E-state index contributed by atoms with van der Waals surface area (Å²) in [5, 5.41) is 19.0. The topological polar surface area (TPSA) is 135 Å². The molecule has 2 aromatic heterocycles. The van der Waals surface area contributed by atoms with Crippen LogP contribution in [0.1, 0.15) is 39.8 Å². The number of aromatic nitrogens is 4. The van der Waals surface area contributed by atoms with Gasteiger partial charge in [-0.1, -0.05) is 33.8 Å². The normalized spacial score (nSPS) is 9.32. The summed E-state index contributed by atoms with van der Waals surface area (Å²) in [6, 6.07) is 9.32. The maximum absolute atomic E-state index is 8.78. The van der Waals surface area contributed by atoms with Crippen LogP contribution < -0.4 is 20.5 Å². The van der Waals surface area contributed by atoms with E-state index in [0.717, 1.165) is 17.7 Å². The summed E-state index contributed by atoms with van der Waals surface area (Å²) in [5.41, 5.74) is 7.27. The highest BCUT2D eigenvalue weighted by Gasteiger charge is 2.16. The van der Waals surface area contributed by atoms with Crippen molar-refractivity contribution in [3.05, 3.63) is 42.4 Å². The lowest BCUT2D eigenvalue weighted by atomic mass is 10.1. The number of nitrogens with one attached hydrogen (secondary N) is 2. The summed E-state index contributed by atoms with van der Waals surface area (Å²) in [5.74, 6) is 2.36. The van der Waals surface area contributed by atoms with E-state index in [2.05, 4.69) is 25.5 Å². The fourth-order valence-corrected chi connectivity index (χ4v) is 2.43. The Hall–Kier alpha value is -3.64. The maximum Gasteiger partial charge on any atom is 0.158 e. The Balaban J connectivity index is 0.00000113. The molecule has 9 nitrogen and oxygen atoms in total. The molecule has 0 aliphatic heterocycles. The summed E-state index contributed by atoms with van der Waals surface area (Å²) in [7, 11) is 1.60. The van der Waals surface area contributed by atoms with E-state index in [1.165, 1.54) is 12.4 Å². The zero-order valence-electron chi connectivity index (χ0n) is 18.8. The molecule has 0 spiro atoms. The summed E-state index contributed by atoms with van der Waals surface area (Å²) in [6.45, 7) is 9.07. The third-order valence-corrected chi connectivity index (χ3v) is 3.68. The highest BCUT2D eigenvalue weighted by molar-refractivity contribution is 5.76. The molecular formula is C22H31N7O2. The van der Waals surface area contributed by atoms with E-state index in [0.29, 0.717) is 36.3 Å². The summed E-state index contributed by atoms with van der Waals surface area (Å²) < 4.78 is 11.3. The molecule has 1 aromatic carbocycles. The van der Waals surface area contributed by atoms with Crippen molar-refractivity contribution in [1.82, 2.24) is 20.2 Å². The van der Waals surface area contributed by atoms with Gasteiger partial charge in [-0.15, -0.1) is 0 Å². The molecule has 0 saturated carbocycles. The van der Waals surface area contributed by atoms with Gasteiger partial charge in [0.1, 0.15) is 23.4 Å². The molecule has 9 heteroatoms. The summed E-state index contributed by atoms with van der Waals surface area (Å²) >= 11 is 0. The van der Waals surface area contributed by atoms with Gasteiger partial charge in [0.05, 0.1) is 37.4 Å². The van der Waals surface area contributed by atoms with Gasteiger partial charge in [-0.2, -0.15) is 10.4 Å². The SMILES string of the molecule is CC.CC.COc1cccc(OCCCN)c1-c1cc(Nc2cnc(C#N)cn2)n[nH]1. The van der Waals surface area contributed by atoms with Crippen molar-refractivity contribution in [2.75, 3.05) is 25.6 Å². The van der Waals surface area contributed by atoms with Crippen LogP contribution in [-0.2, 0) is 0 Å². The van der Waals surface area contributed by atoms with Crippen LogP contribution >= 0.6 is 0 Å². The molecule has 0 radical (unpaired) electrons. The van der Waals surface area contributed by atoms with Crippen LogP contribution in [0.3, 0.4) is 0 Å². The van der Waals surface area contributed by atoms with Crippen LogP contribution in [-0.4, -0.2) is 40.4 Å². The molecule has 0 atom stereocenters. The zero-order valence-corrected chi connectivity index (χ0v) is 18.8. The lowest BCUT2D eigenvalue weighted by Gasteiger charge is -2.13. The Bertz CT molecular complexity index is 934. The molecule has 166 valence electrons. The van der Waals surface area contributed by atoms with Crippen molar-refractivity contribution < 1.29 is 9.47 Å². The lowest BCUT2D eigenvalue weighted by molar-refractivity contribution is 0.312. The van der Waals surface area contributed by atoms with Gasteiger partial charge in [-0.3, -0.25) is 5.10 Å². The third-order valence-electron chi connectivity index (χ3n) is 3.68. The van der Waals surface area contributed by atoms with Crippen LogP contribution in [0.15, 0.2) is 36.7 Å². The number of nitrogens with zero attached hydrogens (tertiary/aromatic N) is 4. The number of rotatable bonds is 8. The molecule has 0 unspecified atom stereocenters. The minimum Gasteiger partial charge on any atom is -0.496 e. The molecule has 3 aromatic rings. The Morgan fingerprint density at radius 3 is 2.45 bits per heavy atom. The smallest absolute Gasteiger partial charge is 0.158 e. The van der Waals surface area contributed by atoms with Crippen molar-refractivity contribution >= 4 is 11.6 Å². The van der Waals surface area contributed by atoms with E-state index in [-0.39, 0.29) is 5.69 Å². The van der Waals surface area contributed by atoms with Crippen molar-refractivity contribution in [2.45, 2.75) is 34.1 Å². The second-order valence-corrected chi connectivity index (χ2v) is 5.51. The molecular weight excluding hydrogens is 394 g/mol. The van der Waals surface area contributed by atoms with Gasteiger partial charge in [0, 0.05) is 6.07 Å². The highest BCUT2D eigenvalue weighted by atomic mass is 16.5. The summed E-state index contributed by atoms with van der Waals surface area (Å²) in [4.78, 5) is 8.08. The molecule has 0 saturated heterocycles. The van der Waals surface area contributed by atoms with Gasteiger partial charge in [0.15, 0.2) is 11.5 Å². The monoisotopic (exact) mass is 425 g/mol. The van der Waals surface area contributed by atoms with Gasteiger partial charge in [0.2, 0.25) is 0 Å². The number of aromatic amines is 1. The predicted octanol–water partition coefficient (Wildman–Crippen LogP) is 4.27. The molecule has 0 bridgehead atoms. The lowest BCUT2D eigenvalue weighted by Crippen LogP contribution is -2.07. The Kier molecular flexibility index (Phi) is 11.8. The Labute approximate surface area is 183 Å². The number of hydrogen-bond donors (Lipinski definition) is 3. The standard InChI is InChI=1S/C18H19N7O2.2C2H6/c1-26-14-4-2-5-15(27-7-3-6-19)18(14)13-8-16(25-24-13)23-17-11-21-12(9-20)10-22-17;2*1-2/h2,4-5,8,10-11H,3,6-7,19H2,1H3,(H2,22,23,24,25);2*1-2H3. The number of anilines is 2. The second kappa shape index (κ2) is 14.4. The second-order valence-electron chi connectivity index (χ2n) is 5.51. The molecule has 4 N–H and O–H groups in total. The first-order chi connectivity index (χ1) is 15.2. The van der Waals surface area contributed by atoms with Gasteiger partial charge in [-0.05, 0) is 25.1 Å². The molecule has 0 amide bonds. The Morgan fingerprint density at radius 1 is 1.10 bits per heavy atom. The van der Waals surface area contributed by atoms with Crippen LogP contribution in [0.5, 0.6) is 11.5 Å². The molecule has 2 heterocycles. The van der Waals surface area contributed by atoms with E-state index in [9.17, 15) is 0 Å². The van der Waals surface area contributed by atoms with Crippen molar-refractivity contribution in [1.29, 1.82) is 5.26 Å². The fourth-order valence-electron chi connectivity index (χ4n) is 2.43. The van der Waals surface area contributed by atoms with Gasteiger partial charge < -0.3 is 20.5 Å².